The Labute approximate surface area is 133 Å². The molecule has 21 heavy (non-hydrogen) atoms. The monoisotopic (exact) mass is 300 g/mol. The van der Waals surface area contributed by atoms with Crippen LogP contribution in [0.25, 0.3) is 0 Å². The fraction of sp³-hybridized carbons (Fsp3) is 1.00. The Morgan fingerprint density at radius 3 is 2.00 bits per heavy atom. The Bertz CT molecular complexity index is 258. The average Bonchev–Trinajstić information content (AvgIpc) is 2.43. The van der Waals surface area contributed by atoms with Crippen LogP contribution >= 0.6 is 0 Å². The topological polar surface area (TPSA) is 24.5 Å². The van der Waals surface area contributed by atoms with E-state index in [0.29, 0.717) is 11.5 Å². The fourth-order valence-corrected chi connectivity index (χ4v) is 2.67. The summed E-state index contributed by atoms with van der Waals surface area (Å²) >= 11 is 0. The smallest absolute Gasteiger partial charge is 0.0589 e. The number of ether oxygens (including phenoxy) is 1. The minimum absolute atomic E-state index is 0.183. The first-order valence-corrected chi connectivity index (χ1v) is 8.69. The molecule has 0 aliphatic rings. The molecule has 0 saturated carbocycles. The maximum absolute atomic E-state index is 5.32. The molecule has 0 aromatic rings. The second-order valence-electron chi connectivity index (χ2n) is 7.70. The van der Waals surface area contributed by atoms with Crippen LogP contribution in [0.3, 0.4) is 0 Å². The maximum Gasteiger partial charge on any atom is 0.0589 e. The lowest BCUT2D eigenvalue weighted by Crippen LogP contribution is -2.50. The molecular weight excluding hydrogens is 260 g/mol. The Morgan fingerprint density at radius 1 is 1.05 bits per heavy atom. The van der Waals surface area contributed by atoms with E-state index in [-0.39, 0.29) is 5.54 Å². The van der Waals surface area contributed by atoms with Crippen LogP contribution in [0.5, 0.6) is 0 Å². The van der Waals surface area contributed by atoms with Gasteiger partial charge in [-0.25, -0.2) is 0 Å². The lowest BCUT2D eigenvalue weighted by molar-refractivity contribution is 0.0712. The summed E-state index contributed by atoms with van der Waals surface area (Å²) in [6, 6.07) is 0.667. The predicted octanol–water partition coefficient (Wildman–Crippen LogP) is 3.93. The zero-order valence-electron chi connectivity index (χ0n) is 15.9. The largest absolute Gasteiger partial charge is 0.383 e. The van der Waals surface area contributed by atoms with E-state index in [0.717, 1.165) is 26.2 Å². The van der Waals surface area contributed by atoms with Crippen molar-refractivity contribution in [2.45, 2.75) is 79.3 Å². The summed E-state index contributed by atoms with van der Waals surface area (Å²) in [4.78, 5) is 2.64. The van der Waals surface area contributed by atoms with Gasteiger partial charge in [-0.15, -0.1) is 0 Å². The average molecular weight is 301 g/mol. The Kier molecular flexibility index (Phi) is 9.75. The minimum atomic E-state index is 0.183. The van der Waals surface area contributed by atoms with E-state index in [9.17, 15) is 0 Å². The van der Waals surface area contributed by atoms with Crippen molar-refractivity contribution in [1.82, 2.24) is 10.2 Å². The molecule has 0 fully saturated rings. The zero-order chi connectivity index (χ0) is 16.5. The summed E-state index contributed by atoms with van der Waals surface area (Å²) in [5.41, 5.74) is 0.492. The van der Waals surface area contributed by atoms with Crippen LogP contribution in [0.1, 0.15) is 67.7 Å². The molecule has 0 heterocycles. The third kappa shape index (κ3) is 8.80. The van der Waals surface area contributed by atoms with Gasteiger partial charge < -0.3 is 10.1 Å². The Balaban J connectivity index is 4.80. The van der Waals surface area contributed by atoms with Gasteiger partial charge in [-0.3, -0.25) is 4.90 Å². The molecule has 0 bridgehead atoms. The Hall–Kier alpha value is -0.120. The zero-order valence-corrected chi connectivity index (χ0v) is 15.9. The van der Waals surface area contributed by atoms with Gasteiger partial charge in [0.1, 0.15) is 0 Å². The molecule has 1 atom stereocenters. The molecule has 0 rings (SSSR count). The number of rotatable bonds is 11. The van der Waals surface area contributed by atoms with Crippen molar-refractivity contribution in [2.24, 2.45) is 5.41 Å². The maximum atomic E-state index is 5.32. The summed E-state index contributed by atoms with van der Waals surface area (Å²) < 4.78 is 5.32. The first kappa shape index (κ1) is 20.9. The van der Waals surface area contributed by atoms with Gasteiger partial charge in [0.2, 0.25) is 0 Å². The minimum Gasteiger partial charge on any atom is -0.383 e. The number of hydrogen-bond donors (Lipinski definition) is 1. The van der Waals surface area contributed by atoms with Gasteiger partial charge in [0.15, 0.2) is 0 Å². The first-order chi connectivity index (χ1) is 9.71. The van der Waals surface area contributed by atoms with Crippen LogP contribution in [0.2, 0.25) is 0 Å². The molecule has 0 aliphatic heterocycles. The normalized spacial score (nSPS) is 15.7. The van der Waals surface area contributed by atoms with Gasteiger partial charge in [0.05, 0.1) is 6.61 Å². The quantitative estimate of drug-likeness (QED) is 0.626. The highest BCUT2D eigenvalue weighted by Gasteiger charge is 2.29. The summed E-state index contributed by atoms with van der Waals surface area (Å²) in [6.45, 7) is 20.1. The van der Waals surface area contributed by atoms with Gasteiger partial charge in [0, 0.05) is 38.3 Å². The van der Waals surface area contributed by atoms with E-state index in [2.05, 4.69) is 58.7 Å². The van der Waals surface area contributed by atoms with Crippen molar-refractivity contribution in [3.8, 4) is 0 Å². The highest BCUT2D eigenvalue weighted by molar-refractivity contribution is 4.85. The summed E-state index contributed by atoms with van der Waals surface area (Å²) in [7, 11) is 1.80. The summed E-state index contributed by atoms with van der Waals surface area (Å²) in [5, 5.41) is 3.69. The first-order valence-electron chi connectivity index (χ1n) is 8.69. The molecule has 3 nitrogen and oxygen atoms in total. The van der Waals surface area contributed by atoms with Crippen molar-refractivity contribution < 1.29 is 4.74 Å². The molecule has 3 heteroatoms. The van der Waals surface area contributed by atoms with Crippen LogP contribution in [0.15, 0.2) is 0 Å². The molecule has 0 spiro atoms. The second-order valence-corrected chi connectivity index (χ2v) is 7.70. The molecular formula is C18H40N2O. The SMILES string of the molecule is CCC(CC)N(CCOC)CC(C)(CC)CNC(C)(C)C. The summed E-state index contributed by atoms with van der Waals surface area (Å²) in [5.74, 6) is 0. The molecule has 0 aromatic heterocycles. The van der Waals surface area contributed by atoms with Crippen molar-refractivity contribution >= 4 is 0 Å². The summed E-state index contributed by atoms with van der Waals surface area (Å²) in [6.07, 6.45) is 3.62. The van der Waals surface area contributed by atoms with Crippen LogP contribution in [0, 0.1) is 5.41 Å². The molecule has 0 aliphatic carbocycles. The van der Waals surface area contributed by atoms with E-state index in [1.807, 2.05) is 0 Å². The van der Waals surface area contributed by atoms with Crippen molar-refractivity contribution in [2.75, 3.05) is 33.4 Å². The van der Waals surface area contributed by atoms with Gasteiger partial charge in [-0.05, 0) is 45.4 Å². The molecule has 0 aromatic carbocycles. The number of hydrogen-bond acceptors (Lipinski definition) is 3. The van der Waals surface area contributed by atoms with Crippen molar-refractivity contribution in [3.05, 3.63) is 0 Å². The Morgan fingerprint density at radius 2 is 1.62 bits per heavy atom. The number of methoxy groups -OCH3 is 1. The molecule has 0 amide bonds. The molecule has 1 N–H and O–H groups in total. The molecule has 1 unspecified atom stereocenters. The van der Waals surface area contributed by atoms with Crippen molar-refractivity contribution in [3.63, 3.8) is 0 Å². The highest BCUT2D eigenvalue weighted by atomic mass is 16.5. The van der Waals surface area contributed by atoms with Gasteiger partial charge in [-0.2, -0.15) is 0 Å². The van der Waals surface area contributed by atoms with Crippen molar-refractivity contribution in [1.29, 1.82) is 0 Å². The van der Waals surface area contributed by atoms with E-state index in [1.54, 1.807) is 7.11 Å². The third-order valence-electron chi connectivity index (χ3n) is 4.53. The fourth-order valence-electron chi connectivity index (χ4n) is 2.67. The highest BCUT2D eigenvalue weighted by Crippen LogP contribution is 2.25. The number of nitrogens with one attached hydrogen (secondary N) is 1. The van der Waals surface area contributed by atoms with E-state index < -0.39 is 0 Å². The van der Waals surface area contributed by atoms with Crippen LogP contribution < -0.4 is 5.32 Å². The van der Waals surface area contributed by atoms with E-state index in [4.69, 9.17) is 4.74 Å². The van der Waals surface area contributed by atoms with Gasteiger partial charge in [0.25, 0.3) is 0 Å². The molecule has 0 radical (unpaired) electrons. The lowest BCUT2D eigenvalue weighted by atomic mass is 9.85. The third-order valence-corrected chi connectivity index (χ3v) is 4.53. The standard InChI is InChI=1S/C18H40N2O/c1-9-16(10-2)20(12-13-21-8)15-18(7,11-3)14-19-17(4,5)6/h16,19H,9-15H2,1-8H3. The molecule has 128 valence electrons. The lowest BCUT2D eigenvalue weighted by Gasteiger charge is -2.40. The second kappa shape index (κ2) is 9.81. The van der Waals surface area contributed by atoms with E-state index in [1.165, 1.54) is 19.3 Å². The van der Waals surface area contributed by atoms with Crippen LogP contribution in [-0.4, -0.2) is 49.8 Å². The number of nitrogens with zero attached hydrogens (tertiary/aromatic N) is 1. The predicted molar refractivity (Wildman–Crippen MR) is 94.0 cm³/mol. The van der Waals surface area contributed by atoms with Crippen LogP contribution in [0.4, 0.5) is 0 Å². The van der Waals surface area contributed by atoms with Gasteiger partial charge in [-0.1, -0.05) is 27.7 Å². The molecule has 0 saturated heterocycles. The van der Waals surface area contributed by atoms with Crippen LogP contribution in [-0.2, 0) is 4.74 Å². The van der Waals surface area contributed by atoms with E-state index >= 15 is 0 Å². The van der Waals surface area contributed by atoms with Gasteiger partial charge >= 0.3 is 0 Å².